The van der Waals surface area contributed by atoms with Gasteiger partial charge >= 0.3 is 0 Å². The molecule has 162 valence electrons. The average molecular weight is 440 g/mol. The van der Waals surface area contributed by atoms with Crippen LogP contribution in [0.2, 0.25) is 0 Å². The van der Waals surface area contributed by atoms with Crippen LogP contribution in [0.25, 0.3) is 0 Å². The zero-order valence-electron chi connectivity index (χ0n) is 18.0. The predicted octanol–water partition coefficient (Wildman–Crippen LogP) is 4.84. The molecule has 3 rings (SSSR count). The first kappa shape index (κ1) is 22.2. The van der Waals surface area contributed by atoms with Crippen LogP contribution in [-0.4, -0.2) is 26.9 Å². The fraction of sp³-hybridized carbons (Fsp3) is 0.273. The number of rotatable bonds is 5. The maximum atomic E-state index is 12.7. The van der Waals surface area contributed by atoms with Crippen molar-refractivity contribution < 1.29 is 14.7 Å². The monoisotopic (exact) mass is 439 g/mol. The van der Waals surface area contributed by atoms with E-state index in [1.54, 1.807) is 37.3 Å². The highest BCUT2D eigenvalue weighted by atomic mass is 32.1. The quantitative estimate of drug-likeness (QED) is 0.452. The van der Waals surface area contributed by atoms with Crippen LogP contribution in [-0.2, 0) is 4.79 Å². The van der Waals surface area contributed by atoms with Crippen LogP contribution in [0.4, 0.5) is 22.5 Å². The van der Waals surface area contributed by atoms with Crippen LogP contribution in [0.1, 0.15) is 41.6 Å². The van der Waals surface area contributed by atoms with Gasteiger partial charge in [0.15, 0.2) is 5.13 Å². The van der Waals surface area contributed by atoms with Crippen molar-refractivity contribution in [2.45, 2.75) is 34.6 Å². The molecule has 0 spiro atoms. The van der Waals surface area contributed by atoms with Gasteiger partial charge in [-0.1, -0.05) is 44.2 Å². The summed E-state index contributed by atoms with van der Waals surface area (Å²) in [5.41, 5.74) is 1.51. The number of carbonyl (C=O) groups excluding carboxylic acids is 2. The van der Waals surface area contributed by atoms with Gasteiger partial charge in [0.2, 0.25) is 5.91 Å². The lowest BCUT2D eigenvalue weighted by molar-refractivity contribution is -0.123. The van der Waals surface area contributed by atoms with E-state index in [9.17, 15) is 14.7 Å². The summed E-state index contributed by atoms with van der Waals surface area (Å²) in [5, 5.41) is 19.1. The Morgan fingerprint density at radius 2 is 1.74 bits per heavy atom. The number of thiazole rings is 1. The van der Waals surface area contributed by atoms with Gasteiger partial charge < -0.3 is 21.1 Å². The van der Waals surface area contributed by atoms with Crippen molar-refractivity contribution in [2.75, 3.05) is 16.0 Å². The first-order valence-electron chi connectivity index (χ1n) is 9.66. The van der Waals surface area contributed by atoms with E-state index in [4.69, 9.17) is 0 Å². The Kier molecular flexibility index (Phi) is 6.26. The number of benzene rings is 1. The number of hydrogen-bond donors (Lipinski definition) is 4. The minimum Gasteiger partial charge on any atom is -0.508 e. The molecular formula is C22H25N5O3S. The Bertz CT molecular complexity index is 1130. The number of phenolic OH excluding ortho intramolecular Hbond substituents is 1. The molecule has 0 saturated carbocycles. The van der Waals surface area contributed by atoms with Crippen LogP contribution >= 0.6 is 11.3 Å². The standard InChI is InChI=1S/C22H25N5O3S/c1-12-9-10-14(28)13(2)18(12)27-19(29)15-11-23-21(31-15)26-17-8-6-7-16(24-17)25-20(30)22(3,4)5/h6-11,28H,1-5H3,(H,27,29)(H2,23,24,25,26,30). The molecule has 0 aliphatic heterocycles. The number of amides is 2. The van der Waals surface area contributed by atoms with E-state index in [2.05, 4.69) is 25.9 Å². The smallest absolute Gasteiger partial charge is 0.267 e. The number of aromatic hydroxyl groups is 1. The van der Waals surface area contributed by atoms with Gasteiger partial charge in [0, 0.05) is 11.0 Å². The lowest BCUT2D eigenvalue weighted by atomic mass is 9.96. The van der Waals surface area contributed by atoms with Crippen LogP contribution in [0.15, 0.2) is 36.5 Å². The van der Waals surface area contributed by atoms with Crippen molar-refractivity contribution in [1.82, 2.24) is 9.97 Å². The van der Waals surface area contributed by atoms with Crippen molar-refractivity contribution >= 4 is 45.6 Å². The summed E-state index contributed by atoms with van der Waals surface area (Å²) in [7, 11) is 0. The molecule has 0 aliphatic rings. The topological polar surface area (TPSA) is 116 Å². The van der Waals surface area contributed by atoms with Gasteiger partial charge in [-0.05, 0) is 37.6 Å². The van der Waals surface area contributed by atoms with E-state index in [0.29, 0.717) is 32.9 Å². The summed E-state index contributed by atoms with van der Waals surface area (Å²) in [6, 6.07) is 8.56. The maximum absolute atomic E-state index is 12.7. The van der Waals surface area contributed by atoms with Gasteiger partial charge in [-0.25, -0.2) is 9.97 Å². The molecule has 0 bridgehead atoms. The average Bonchev–Trinajstić information content (AvgIpc) is 3.16. The Morgan fingerprint density at radius 3 is 2.45 bits per heavy atom. The van der Waals surface area contributed by atoms with E-state index in [-0.39, 0.29) is 17.6 Å². The van der Waals surface area contributed by atoms with Crippen molar-refractivity contribution in [3.63, 3.8) is 0 Å². The first-order valence-corrected chi connectivity index (χ1v) is 10.5. The van der Waals surface area contributed by atoms with Crippen LogP contribution in [0, 0.1) is 19.3 Å². The summed E-state index contributed by atoms with van der Waals surface area (Å²) >= 11 is 1.17. The number of aryl methyl sites for hydroxylation is 1. The third-order valence-electron chi connectivity index (χ3n) is 4.52. The lowest BCUT2D eigenvalue weighted by Crippen LogP contribution is -2.28. The fourth-order valence-electron chi connectivity index (χ4n) is 2.63. The van der Waals surface area contributed by atoms with Crippen molar-refractivity contribution in [3.8, 4) is 5.75 Å². The number of aromatic nitrogens is 2. The largest absolute Gasteiger partial charge is 0.508 e. The Morgan fingerprint density at radius 1 is 1.03 bits per heavy atom. The van der Waals surface area contributed by atoms with Crippen molar-refractivity contribution in [3.05, 3.63) is 52.5 Å². The SMILES string of the molecule is Cc1ccc(O)c(C)c1NC(=O)c1cnc(Nc2cccc(NC(=O)C(C)(C)C)n2)s1. The van der Waals surface area contributed by atoms with Gasteiger partial charge in [-0.2, -0.15) is 0 Å². The second kappa shape index (κ2) is 8.73. The zero-order chi connectivity index (χ0) is 22.8. The highest BCUT2D eigenvalue weighted by Crippen LogP contribution is 2.29. The second-order valence-corrected chi connectivity index (χ2v) is 9.15. The molecular weight excluding hydrogens is 414 g/mol. The molecule has 2 amide bonds. The number of carbonyl (C=O) groups is 2. The number of anilines is 4. The minimum atomic E-state index is -0.533. The van der Waals surface area contributed by atoms with Crippen LogP contribution < -0.4 is 16.0 Å². The summed E-state index contributed by atoms with van der Waals surface area (Å²) < 4.78 is 0. The number of phenols is 1. The molecule has 4 N–H and O–H groups in total. The van der Waals surface area contributed by atoms with E-state index < -0.39 is 5.41 Å². The molecule has 0 unspecified atom stereocenters. The number of nitrogens with zero attached hydrogens (tertiary/aromatic N) is 2. The molecule has 1 aromatic carbocycles. The van der Waals surface area contributed by atoms with Gasteiger partial charge in [0.25, 0.3) is 5.91 Å². The Labute approximate surface area is 184 Å². The zero-order valence-corrected chi connectivity index (χ0v) is 18.8. The molecule has 0 aliphatic carbocycles. The Balaban J connectivity index is 1.71. The predicted molar refractivity (Wildman–Crippen MR) is 123 cm³/mol. The number of nitrogens with one attached hydrogen (secondary N) is 3. The maximum Gasteiger partial charge on any atom is 0.267 e. The van der Waals surface area contributed by atoms with Crippen LogP contribution in [0.3, 0.4) is 0 Å². The van der Waals surface area contributed by atoms with Gasteiger partial charge in [0.05, 0.1) is 11.9 Å². The molecule has 0 atom stereocenters. The third kappa shape index (κ3) is 5.37. The second-order valence-electron chi connectivity index (χ2n) is 8.12. The number of hydrogen-bond acceptors (Lipinski definition) is 7. The van der Waals surface area contributed by atoms with Gasteiger partial charge in [-0.3, -0.25) is 9.59 Å². The first-order chi connectivity index (χ1) is 14.5. The fourth-order valence-corrected chi connectivity index (χ4v) is 3.35. The molecule has 0 fully saturated rings. The molecule has 2 aromatic heterocycles. The third-order valence-corrected chi connectivity index (χ3v) is 5.43. The molecule has 31 heavy (non-hydrogen) atoms. The molecule has 9 heteroatoms. The van der Waals surface area contributed by atoms with Gasteiger partial charge in [0.1, 0.15) is 22.3 Å². The summed E-state index contributed by atoms with van der Waals surface area (Å²) in [6.45, 7) is 9.08. The van der Waals surface area contributed by atoms with Crippen LogP contribution in [0.5, 0.6) is 5.75 Å². The van der Waals surface area contributed by atoms with E-state index in [0.717, 1.165) is 5.56 Å². The normalized spacial score (nSPS) is 11.1. The molecule has 8 nitrogen and oxygen atoms in total. The number of pyridine rings is 1. The summed E-state index contributed by atoms with van der Waals surface area (Å²) in [5.74, 6) is 0.587. The van der Waals surface area contributed by atoms with Crippen molar-refractivity contribution in [1.29, 1.82) is 0 Å². The van der Waals surface area contributed by atoms with E-state index >= 15 is 0 Å². The van der Waals surface area contributed by atoms with Crippen molar-refractivity contribution in [2.24, 2.45) is 5.41 Å². The minimum absolute atomic E-state index is 0.122. The van der Waals surface area contributed by atoms with E-state index in [1.807, 2.05) is 27.7 Å². The lowest BCUT2D eigenvalue weighted by Gasteiger charge is -2.17. The highest BCUT2D eigenvalue weighted by molar-refractivity contribution is 7.17. The van der Waals surface area contributed by atoms with Gasteiger partial charge in [-0.15, -0.1) is 0 Å². The molecule has 3 aromatic rings. The summed E-state index contributed by atoms with van der Waals surface area (Å²) in [6.07, 6.45) is 1.47. The molecule has 0 radical (unpaired) electrons. The molecule has 0 saturated heterocycles. The summed E-state index contributed by atoms with van der Waals surface area (Å²) in [4.78, 5) is 33.8. The highest BCUT2D eigenvalue weighted by Gasteiger charge is 2.21. The molecule has 2 heterocycles. The Hall–Kier alpha value is -3.46. The van der Waals surface area contributed by atoms with E-state index in [1.165, 1.54) is 17.5 Å².